The van der Waals surface area contributed by atoms with Crippen LogP contribution in [0.25, 0.3) is 0 Å². The van der Waals surface area contributed by atoms with Gasteiger partial charge in [0.15, 0.2) is 5.76 Å². The summed E-state index contributed by atoms with van der Waals surface area (Å²) in [5.74, 6) is 1.19. The number of furan rings is 1. The maximum Gasteiger partial charge on any atom is 0.289 e. The van der Waals surface area contributed by atoms with Crippen LogP contribution in [-0.4, -0.2) is 40.3 Å². The van der Waals surface area contributed by atoms with Crippen molar-refractivity contribution in [3.05, 3.63) is 41.1 Å². The van der Waals surface area contributed by atoms with Crippen molar-refractivity contribution in [3.63, 3.8) is 0 Å². The van der Waals surface area contributed by atoms with Gasteiger partial charge in [-0.3, -0.25) is 9.48 Å². The van der Waals surface area contributed by atoms with Crippen LogP contribution in [0.2, 0.25) is 0 Å². The lowest BCUT2D eigenvalue weighted by atomic mass is 9.96. The SMILES string of the molecule is CCOC[C@H]1CN(C(=O)c2ccc(C)o2)Cc2cnn(C)c21. The Labute approximate surface area is 129 Å². The number of ether oxygens (including phenoxy) is 1. The van der Waals surface area contributed by atoms with Gasteiger partial charge in [-0.2, -0.15) is 5.10 Å². The molecule has 3 rings (SSSR count). The highest BCUT2D eigenvalue weighted by Gasteiger charge is 2.32. The predicted molar refractivity (Wildman–Crippen MR) is 80.6 cm³/mol. The average Bonchev–Trinajstić information content (AvgIpc) is 3.10. The molecule has 0 bridgehead atoms. The van der Waals surface area contributed by atoms with Crippen molar-refractivity contribution in [1.82, 2.24) is 14.7 Å². The molecule has 6 nitrogen and oxygen atoms in total. The van der Waals surface area contributed by atoms with E-state index in [0.29, 0.717) is 32.1 Å². The van der Waals surface area contributed by atoms with Gasteiger partial charge in [0, 0.05) is 38.2 Å². The van der Waals surface area contributed by atoms with Gasteiger partial charge >= 0.3 is 0 Å². The Hall–Kier alpha value is -2.08. The number of carbonyl (C=O) groups excluding carboxylic acids is 1. The van der Waals surface area contributed by atoms with Gasteiger partial charge < -0.3 is 14.1 Å². The van der Waals surface area contributed by atoms with Crippen LogP contribution < -0.4 is 0 Å². The molecule has 3 heterocycles. The van der Waals surface area contributed by atoms with Crippen molar-refractivity contribution in [2.75, 3.05) is 19.8 Å². The molecule has 0 fully saturated rings. The van der Waals surface area contributed by atoms with Crippen molar-refractivity contribution >= 4 is 5.91 Å². The third kappa shape index (κ3) is 2.66. The fourth-order valence-corrected chi connectivity index (χ4v) is 3.02. The molecule has 2 aromatic rings. The fourth-order valence-electron chi connectivity index (χ4n) is 3.02. The Morgan fingerprint density at radius 2 is 2.32 bits per heavy atom. The number of amides is 1. The number of aromatic nitrogens is 2. The van der Waals surface area contributed by atoms with Gasteiger partial charge in [-0.15, -0.1) is 0 Å². The minimum Gasteiger partial charge on any atom is -0.456 e. The minimum atomic E-state index is -0.0795. The van der Waals surface area contributed by atoms with E-state index in [9.17, 15) is 4.79 Å². The van der Waals surface area contributed by atoms with Crippen LogP contribution in [0.1, 0.15) is 40.4 Å². The molecule has 1 aliphatic rings. The lowest BCUT2D eigenvalue weighted by Crippen LogP contribution is -2.39. The molecule has 0 saturated heterocycles. The van der Waals surface area contributed by atoms with Crippen molar-refractivity contribution in [2.45, 2.75) is 26.3 Å². The fraction of sp³-hybridized carbons (Fsp3) is 0.500. The number of hydrogen-bond acceptors (Lipinski definition) is 4. The first-order valence-corrected chi connectivity index (χ1v) is 7.54. The Bertz CT molecular complexity index is 674. The molecule has 6 heteroatoms. The van der Waals surface area contributed by atoms with E-state index in [2.05, 4.69) is 5.10 Å². The summed E-state index contributed by atoms with van der Waals surface area (Å²) >= 11 is 0. The summed E-state index contributed by atoms with van der Waals surface area (Å²) in [7, 11) is 1.94. The van der Waals surface area contributed by atoms with Gasteiger partial charge in [-0.1, -0.05) is 0 Å². The quantitative estimate of drug-likeness (QED) is 0.868. The van der Waals surface area contributed by atoms with Crippen LogP contribution in [0.5, 0.6) is 0 Å². The van der Waals surface area contributed by atoms with Crippen LogP contribution >= 0.6 is 0 Å². The second kappa shape index (κ2) is 5.96. The van der Waals surface area contributed by atoms with Crippen LogP contribution in [-0.2, 0) is 18.3 Å². The molecule has 0 N–H and O–H groups in total. The predicted octanol–water partition coefficient (Wildman–Crippen LogP) is 2.10. The van der Waals surface area contributed by atoms with Crippen molar-refractivity contribution in [2.24, 2.45) is 7.05 Å². The van der Waals surface area contributed by atoms with E-state index in [4.69, 9.17) is 9.15 Å². The van der Waals surface area contributed by atoms with Crippen LogP contribution in [0.15, 0.2) is 22.7 Å². The van der Waals surface area contributed by atoms with E-state index in [1.165, 1.54) is 0 Å². The van der Waals surface area contributed by atoms with Crippen molar-refractivity contribution in [3.8, 4) is 0 Å². The molecule has 0 aromatic carbocycles. The molecular weight excluding hydrogens is 282 g/mol. The van der Waals surface area contributed by atoms with Crippen LogP contribution in [0.4, 0.5) is 0 Å². The van der Waals surface area contributed by atoms with Gasteiger partial charge in [0.1, 0.15) is 5.76 Å². The number of nitrogens with zero attached hydrogens (tertiary/aromatic N) is 3. The maximum atomic E-state index is 12.6. The Morgan fingerprint density at radius 1 is 1.50 bits per heavy atom. The highest BCUT2D eigenvalue weighted by Crippen LogP contribution is 2.29. The Morgan fingerprint density at radius 3 is 3.00 bits per heavy atom. The van der Waals surface area contributed by atoms with E-state index < -0.39 is 0 Å². The first kappa shape index (κ1) is 14.8. The first-order valence-electron chi connectivity index (χ1n) is 7.54. The topological polar surface area (TPSA) is 60.5 Å². The molecule has 1 aliphatic heterocycles. The molecule has 0 saturated carbocycles. The average molecular weight is 303 g/mol. The van der Waals surface area contributed by atoms with Gasteiger partial charge in [-0.25, -0.2) is 0 Å². The summed E-state index contributed by atoms with van der Waals surface area (Å²) in [6.45, 7) is 6.24. The molecule has 1 amide bonds. The first-order chi connectivity index (χ1) is 10.6. The third-order valence-corrected chi connectivity index (χ3v) is 4.01. The van der Waals surface area contributed by atoms with Crippen LogP contribution in [0.3, 0.4) is 0 Å². The second-order valence-corrected chi connectivity index (χ2v) is 5.63. The summed E-state index contributed by atoms with van der Waals surface area (Å²) in [5, 5.41) is 4.33. The van der Waals surface area contributed by atoms with E-state index in [1.54, 1.807) is 6.07 Å². The molecular formula is C16H21N3O3. The van der Waals surface area contributed by atoms with E-state index in [0.717, 1.165) is 17.0 Å². The molecule has 0 aliphatic carbocycles. The van der Waals surface area contributed by atoms with Gasteiger partial charge in [0.2, 0.25) is 0 Å². The van der Waals surface area contributed by atoms with Gasteiger partial charge in [-0.05, 0) is 26.0 Å². The molecule has 0 spiro atoms. The number of rotatable bonds is 4. The minimum absolute atomic E-state index is 0.0795. The van der Waals surface area contributed by atoms with E-state index >= 15 is 0 Å². The lowest BCUT2D eigenvalue weighted by molar-refractivity contribution is 0.0617. The summed E-state index contributed by atoms with van der Waals surface area (Å²) in [6.07, 6.45) is 1.83. The third-order valence-electron chi connectivity index (χ3n) is 4.01. The van der Waals surface area contributed by atoms with Crippen LogP contribution in [0, 0.1) is 6.92 Å². The monoisotopic (exact) mass is 303 g/mol. The number of carbonyl (C=O) groups is 1. The standard InChI is InChI=1S/C16H21N3O3/c1-4-21-10-13-9-19(8-12-7-17-18(3)15(12)13)16(20)14-6-5-11(2)22-14/h5-7,13H,4,8-10H2,1-3H3/t13-/m1/s1. The Balaban J connectivity index is 1.85. The summed E-state index contributed by atoms with van der Waals surface area (Å²) in [5.41, 5.74) is 2.24. The highest BCUT2D eigenvalue weighted by molar-refractivity contribution is 5.91. The smallest absolute Gasteiger partial charge is 0.289 e. The molecule has 2 aromatic heterocycles. The summed E-state index contributed by atoms with van der Waals surface area (Å²) in [6, 6.07) is 3.54. The molecule has 0 unspecified atom stereocenters. The number of fused-ring (bicyclic) bond motifs is 1. The van der Waals surface area contributed by atoms with Gasteiger partial charge in [0.25, 0.3) is 5.91 Å². The highest BCUT2D eigenvalue weighted by atomic mass is 16.5. The zero-order valence-corrected chi connectivity index (χ0v) is 13.2. The zero-order valence-electron chi connectivity index (χ0n) is 13.2. The number of hydrogen-bond donors (Lipinski definition) is 0. The van der Waals surface area contributed by atoms with E-state index in [1.807, 2.05) is 42.7 Å². The summed E-state index contributed by atoms with van der Waals surface area (Å²) in [4.78, 5) is 14.4. The molecule has 0 radical (unpaired) electrons. The molecule has 22 heavy (non-hydrogen) atoms. The number of aryl methyl sites for hydroxylation is 2. The molecule has 1 atom stereocenters. The van der Waals surface area contributed by atoms with Crippen molar-refractivity contribution in [1.29, 1.82) is 0 Å². The van der Waals surface area contributed by atoms with E-state index in [-0.39, 0.29) is 11.8 Å². The second-order valence-electron chi connectivity index (χ2n) is 5.63. The van der Waals surface area contributed by atoms with Crippen molar-refractivity contribution < 1.29 is 13.9 Å². The largest absolute Gasteiger partial charge is 0.456 e. The zero-order chi connectivity index (χ0) is 15.7. The summed E-state index contributed by atoms with van der Waals surface area (Å²) < 4.78 is 12.9. The maximum absolute atomic E-state index is 12.6. The van der Waals surface area contributed by atoms with Gasteiger partial charge in [0.05, 0.1) is 18.5 Å². The normalized spacial score (nSPS) is 17.6. The lowest BCUT2D eigenvalue weighted by Gasteiger charge is -2.32. The molecule has 118 valence electrons. The Kier molecular flexibility index (Phi) is 4.02.